The van der Waals surface area contributed by atoms with Crippen molar-refractivity contribution in [3.8, 4) is 17.0 Å². The number of alkyl halides is 3. The Hall–Kier alpha value is -3.05. The van der Waals surface area contributed by atoms with Crippen LogP contribution in [-0.2, 0) is 22.6 Å². The van der Waals surface area contributed by atoms with Crippen LogP contribution in [0.15, 0.2) is 57.9 Å². The molecule has 0 radical (unpaired) electrons. The average molecular weight is 496 g/mol. The molecule has 0 spiro atoms. The van der Waals surface area contributed by atoms with Crippen molar-refractivity contribution in [1.29, 1.82) is 0 Å². The minimum absolute atomic E-state index is 0.0646. The molecule has 1 fully saturated rings. The summed E-state index contributed by atoms with van der Waals surface area (Å²) in [5.74, 6) is -0.524. The molecule has 1 aliphatic rings. The van der Waals surface area contributed by atoms with E-state index < -0.39 is 22.0 Å². The van der Waals surface area contributed by atoms with Crippen LogP contribution in [0.1, 0.15) is 18.2 Å². The van der Waals surface area contributed by atoms with Crippen molar-refractivity contribution in [1.82, 2.24) is 9.46 Å². The van der Waals surface area contributed by atoms with E-state index in [1.165, 1.54) is 10.4 Å². The summed E-state index contributed by atoms with van der Waals surface area (Å²) in [5.41, 5.74) is 1.63. The fourth-order valence-corrected chi connectivity index (χ4v) is 5.73. The average Bonchev–Trinajstić information content (AvgIpc) is 3.35. The lowest BCUT2D eigenvalue weighted by atomic mass is 10.1. The Morgan fingerprint density at radius 3 is 2.38 bits per heavy atom. The van der Waals surface area contributed by atoms with Gasteiger partial charge in [-0.2, -0.15) is 17.5 Å². The van der Waals surface area contributed by atoms with E-state index in [0.717, 1.165) is 11.8 Å². The maximum Gasteiger partial charge on any atom is 0.452 e. The summed E-state index contributed by atoms with van der Waals surface area (Å²) in [4.78, 5) is 2.13. The smallest absolute Gasteiger partial charge is 0.452 e. The van der Waals surface area contributed by atoms with Gasteiger partial charge < -0.3 is 14.2 Å². The van der Waals surface area contributed by atoms with E-state index in [4.69, 9.17) is 4.74 Å². The first-order chi connectivity index (χ1) is 16.1. The second-order valence-corrected chi connectivity index (χ2v) is 9.72. The Labute approximate surface area is 195 Å². The second-order valence-electron chi connectivity index (χ2n) is 7.81. The van der Waals surface area contributed by atoms with Crippen LogP contribution in [-0.4, -0.2) is 51.2 Å². The summed E-state index contributed by atoms with van der Waals surface area (Å²) in [6.45, 7) is 3.29. The monoisotopic (exact) mass is 495 g/mol. The van der Waals surface area contributed by atoms with Gasteiger partial charge in [0.1, 0.15) is 11.4 Å². The number of aryl methyl sites for hydroxylation is 1. The van der Waals surface area contributed by atoms with Crippen molar-refractivity contribution >= 4 is 15.7 Å². The molecule has 1 aliphatic heterocycles. The Bertz CT molecular complexity index is 1270. The Morgan fingerprint density at radius 2 is 1.76 bits per heavy atom. The second kappa shape index (κ2) is 9.30. The SMILES string of the molecule is CCc1ccc(-c2cc(C(F)(F)F)on2)cc1S(=O)(=O)N1CCN(c2ccccc2OC)CC1. The molecular formula is C23H24F3N3O4S. The highest BCUT2D eigenvalue weighted by molar-refractivity contribution is 7.89. The molecule has 3 aromatic rings. The van der Waals surface area contributed by atoms with Gasteiger partial charge in [-0.25, -0.2) is 8.42 Å². The molecule has 0 atom stereocenters. The molecule has 0 aliphatic carbocycles. The lowest BCUT2D eigenvalue weighted by Crippen LogP contribution is -2.48. The minimum Gasteiger partial charge on any atom is -0.495 e. The molecule has 4 rings (SSSR count). The highest BCUT2D eigenvalue weighted by Gasteiger charge is 2.36. The lowest BCUT2D eigenvalue weighted by Gasteiger charge is -2.36. The van der Waals surface area contributed by atoms with Gasteiger partial charge in [0.25, 0.3) is 0 Å². The number of rotatable bonds is 6. The number of piperazine rings is 1. The zero-order valence-corrected chi connectivity index (χ0v) is 19.5. The summed E-state index contributed by atoms with van der Waals surface area (Å²) < 4.78 is 77.0. The van der Waals surface area contributed by atoms with Crippen LogP contribution in [0.25, 0.3) is 11.3 Å². The number of hydrogen-bond donors (Lipinski definition) is 0. The highest BCUT2D eigenvalue weighted by Crippen LogP contribution is 2.34. The van der Waals surface area contributed by atoms with Crippen molar-refractivity contribution in [2.45, 2.75) is 24.4 Å². The highest BCUT2D eigenvalue weighted by atomic mass is 32.2. The fourth-order valence-electron chi connectivity index (χ4n) is 3.99. The summed E-state index contributed by atoms with van der Waals surface area (Å²) in [5, 5.41) is 3.48. The van der Waals surface area contributed by atoms with Crippen LogP contribution < -0.4 is 9.64 Å². The van der Waals surface area contributed by atoms with E-state index in [-0.39, 0.29) is 29.2 Å². The standard InChI is InChI=1S/C23H24F3N3O4S/c1-3-16-8-9-17(18-15-22(33-27-18)23(24,25)26)14-21(16)34(30,31)29-12-10-28(11-13-29)19-6-4-5-7-20(19)32-2/h4-9,14-15H,3,10-13H2,1-2H3. The van der Waals surface area contributed by atoms with Gasteiger partial charge in [0.05, 0.1) is 17.7 Å². The van der Waals surface area contributed by atoms with Crippen LogP contribution in [0.4, 0.5) is 18.9 Å². The molecule has 1 aromatic heterocycles. The number of hydrogen-bond acceptors (Lipinski definition) is 6. The van der Waals surface area contributed by atoms with Gasteiger partial charge in [-0.15, -0.1) is 0 Å². The van der Waals surface area contributed by atoms with Crippen LogP contribution in [0.2, 0.25) is 0 Å². The first kappa shape index (κ1) is 24.1. The molecule has 2 heterocycles. The number of aromatic nitrogens is 1. The predicted molar refractivity (Wildman–Crippen MR) is 120 cm³/mol. The zero-order chi connectivity index (χ0) is 24.5. The van der Waals surface area contributed by atoms with Gasteiger partial charge in [0.2, 0.25) is 15.8 Å². The molecule has 182 valence electrons. The molecule has 0 unspecified atom stereocenters. The number of halogens is 3. The number of methoxy groups -OCH3 is 1. The van der Waals surface area contributed by atoms with Gasteiger partial charge >= 0.3 is 6.18 Å². The molecular weight excluding hydrogens is 471 g/mol. The van der Waals surface area contributed by atoms with Crippen molar-refractivity contribution < 1.29 is 30.8 Å². The van der Waals surface area contributed by atoms with Gasteiger partial charge in [0.15, 0.2) is 0 Å². The molecule has 0 bridgehead atoms. The van der Waals surface area contributed by atoms with E-state index in [9.17, 15) is 21.6 Å². The largest absolute Gasteiger partial charge is 0.495 e. The fraction of sp³-hybridized carbons (Fsp3) is 0.348. The van der Waals surface area contributed by atoms with Gasteiger partial charge in [-0.3, -0.25) is 0 Å². The Morgan fingerprint density at radius 1 is 1.06 bits per heavy atom. The van der Waals surface area contributed by atoms with Gasteiger partial charge in [0, 0.05) is 37.8 Å². The lowest BCUT2D eigenvalue weighted by molar-refractivity contribution is -0.155. The van der Waals surface area contributed by atoms with Crippen molar-refractivity contribution in [3.05, 3.63) is 59.9 Å². The molecule has 1 saturated heterocycles. The molecule has 11 heteroatoms. The van der Waals surface area contributed by atoms with Crippen molar-refractivity contribution in [2.75, 3.05) is 38.2 Å². The van der Waals surface area contributed by atoms with Crippen LogP contribution in [0.3, 0.4) is 0 Å². The predicted octanol–water partition coefficient (Wildman–Crippen LogP) is 4.44. The number of nitrogens with zero attached hydrogens (tertiary/aromatic N) is 3. The van der Waals surface area contributed by atoms with E-state index in [1.807, 2.05) is 31.2 Å². The normalized spacial score (nSPS) is 15.5. The van der Waals surface area contributed by atoms with Crippen LogP contribution in [0, 0.1) is 0 Å². The molecule has 0 amide bonds. The summed E-state index contributed by atoms with van der Waals surface area (Å²) in [6.07, 6.45) is -4.23. The van der Waals surface area contributed by atoms with Crippen LogP contribution >= 0.6 is 0 Å². The molecule has 0 N–H and O–H groups in total. The third-order valence-electron chi connectivity index (χ3n) is 5.82. The third kappa shape index (κ3) is 4.62. The first-order valence-corrected chi connectivity index (χ1v) is 12.1. The first-order valence-electron chi connectivity index (χ1n) is 10.7. The van der Waals surface area contributed by atoms with E-state index in [2.05, 4.69) is 14.6 Å². The summed E-state index contributed by atoms with van der Waals surface area (Å²) in [6, 6.07) is 12.8. The number of anilines is 1. The van der Waals surface area contributed by atoms with Crippen molar-refractivity contribution in [2.24, 2.45) is 0 Å². The van der Waals surface area contributed by atoms with Crippen LogP contribution in [0.5, 0.6) is 5.75 Å². The zero-order valence-electron chi connectivity index (χ0n) is 18.7. The summed E-state index contributed by atoms with van der Waals surface area (Å²) in [7, 11) is -2.29. The van der Waals surface area contributed by atoms with E-state index in [0.29, 0.717) is 30.8 Å². The third-order valence-corrected chi connectivity index (χ3v) is 7.80. The summed E-state index contributed by atoms with van der Waals surface area (Å²) >= 11 is 0. The number of para-hydroxylation sites is 2. The number of sulfonamides is 1. The Balaban J connectivity index is 1.60. The van der Waals surface area contributed by atoms with Crippen molar-refractivity contribution in [3.63, 3.8) is 0 Å². The van der Waals surface area contributed by atoms with Gasteiger partial charge in [-0.1, -0.05) is 36.3 Å². The number of benzene rings is 2. The van der Waals surface area contributed by atoms with E-state index >= 15 is 0 Å². The molecule has 34 heavy (non-hydrogen) atoms. The van der Waals surface area contributed by atoms with E-state index in [1.54, 1.807) is 19.2 Å². The molecule has 2 aromatic carbocycles. The quantitative estimate of drug-likeness (QED) is 0.503. The molecule has 0 saturated carbocycles. The minimum atomic E-state index is -4.68. The topological polar surface area (TPSA) is 75.9 Å². The Kier molecular flexibility index (Phi) is 6.59. The number of ether oxygens (including phenoxy) is 1. The maximum atomic E-state index is 13.5. The maximum absolute atomic E-state index is 13.5. The van der Waals surface area contributed by atoms with Gasteiger partial charge in [-0.05, 0) is 30.2 Å². The molecule has 7 nitrogen and oxygen atoms in total.